The lowest BCUT2D eigenvalue weighted by atomic mass is 9.44. The van der Waals surface area contributed by atoms with E-state index in [4.69, 9.17) is 9.47 Å². The van der Waals surface area contributed by atoms with Gasteiger partial charge in [0.05, 0.1) is 24.4 Å². The molecular weight excluding hydrogens is 304 g/mol. The summed E-state index contributed by atoms with van der Waals surface area (Å²) >= 11 is 0. The third-order valence-corrected chi connectivity index (χ3v) is 8.33. The highest BCUT2D eigenvalue weighted by Gasteiger charge is 2.66. The largest absolute Gasteiger partial charge is 0.390 e. The molecule has 3 aliphatic carbocycles. The molecule has 0 aromatic rings. The van der Waals surface area contributed by atoms with Crippen molar-refractivity contribution in [2.24, 2.45) is 22.7 Å². The second-order valence-electron chi connectivity index (χ2n) is 9.88. The molecule has 0 spiro atoms. The molecule has 4 fully saturated rings. The molecule has 7 atom stereocenters. The minimum atomic E-state index is -0.865. The fraction of sp³-hybridized carbons (Fsp3) is 1.00. The fourth-order valence-electron chi connectivity index (χ4n) is 7.10. The van der Waals surface area contributed by atoms with E-state index < -0.39 is 17.5 Å². The van der Waals surface area contributed by atoms with Crippen LogP contribution >= 0.6 is 0 Å². The molecule has 0 aromatic heterocycles. The van der Waals surface area contributed by atoms with Gasteiger partial charge in [-0.1, -0.05) is 13.8 Å². The van der Waals surface area contributed by atoms with Crippen molar-refractivity contribution in [3.8, 4) is 0 Å². The number of rotatable bonds is 0. The van der Waals surface area contributed by atoms with Crippen molar-refractivity contribution in [1.82, 2.24) is 0 Å². The van der Waals surface area contributed by atoms with Crippen molar-refractivity contribution in [2.75, 3.05) is 6.61 Å². The van der Waals surface area contributed by atoms with Gasteiger partial charge in [0.1, 0.15) is 0 Å². The summed E-state index contributed by atoms with van der Waals surface area (Å²) < 4.78 is 12.4. The first-order valence-electron chi connectivity index (χ1n) is 9.84. The van der Waals surface area contributed by atoms with Crippen LogP contribution in [0, 0.1) is 22.7 Å². The lowest BCUT2D eigenvalue weighted by Crippen LogP contribution is -2.63. The molecule has 2 N–H and O–H groups in total. The average molecular weight is 338 g/mol. The number of hydrogen-bond donors (Lipinski definition) is 2. The first-order chi connectivity index (χ1) is 11.1. The van der Waals surface area contributed by atoms with Crippen LogP contribution in [-0.4, -0.2) is 40.4 Å². The molecule has 24 heavy (non-hydrogen) atoms. The minimum absolute atomic E-state index is 0.0908. The highest BCUT2D eigenvalue weighted by Crippen LogP contribution is 2.67. The number of aliphatic hydroxyl groups excluding tert-OH is 1. The molecule has 0 bridgehead atoms. The summed E-state index contributed by atoms with van der Waals surface area (Å²) in [6.45, 7) is 9.56. The number of fused-ring (bicyclic) bond motifs is 5. The second kappa shape index (κ2) is 5.18. The molecule has 138 valence electrons. The smallest absolute Gasteiger partial charge is 0.163 e. The van der Waals surface area contributed by atoms with E-state index in [1.54, 1.807) is 0 Å². The Morgan fingerprint density at radius 1 is 0.833 bits per heavy atom. The standard InChI is InChI=1S/C20H34O4/c1-17(2)23-12-11-19(4)13-7-10-20(22)14(5-6-15(20)21)18(13,3)9-8-16(19)24-17/h13-16,21-22H,5-12H2,1-4H3/t13-,14-,15-,16+,18+,19+,20+/m0/s1. The van der Waals surface area contributed by atoms with E-state index in [9.17, 15) is 10.2 Å². The van der Waals surface area contributed by atoms with E-state index in [-0.39, 0.29) is 22.9 Å². The second-order valence-corrected chi connectivity index (χ2v) is 9.88. The van der Waals surface area contributed by atoms with Crippen LogP contribution in [0.4, 0.5) is 0 Å². The summed E-state index contributed by atoms with van der Waals surface area (Å²) in [5.41, 5.74) is -0.682. The molecule has 1 saturated heterocycles. The Labute approximate surface area is 145 Å². The van der Waals surface area contributed by atoms with Crippen molar-refractivity contribution < 1.29 is 19.7 Å². The number of hydrogen-bond acceptors (Lipinski definition) is 4. The van der Waals surface area contributed by atoms with E-state index in [2.05, 4.69) is 13.8 Å². The molecule has 0 aromatic carbocycles. The SMILES string of the molecule is CC1(C)OCC[C@]2(C)[C@H]3CC[C@]4(O)[C@@H](O)CC[C@H]4[C@]3(C)CC[C@H]2O1. The third kappa shape index (κ3) is 2.19. The summed E-state index contributed by atoms with van der Waals surface area (Å²) in [7, 11) is 0. The Hall–Kier alpha value is -0.160. The summed E-state index contributed by atoms with van der Waals surface area (Å²) in [5, 5.41) is 21.6. The molecule has 3 saturated carbocycles. The van der Waals surface area contributed by atoms with Gasteiger partial charge in [-0.05, 0) is 81.5 Å². The first kappa shape index (κ1) is 17.3. The van der Waals surface area contributed by atoms with Crippen molar-refractivity contribution in [3.05, 3.63) is 0 Å². The van der Waals surface area contributed by atoms with Crippen molar-refractivity contribution in [2.45, 2.75) is 96.2 Å². The van der Waals surface area contributed by atoms with Crippen LogP contribution in [-0.2, 0) is 9.47 Å². The predicted octanol–water partition coefficient (Wildman–Crippen LogP) is 3.25. The lowest BCUT2D eigenvalue weighted by Gasteiger charge is -2.63. The Balaban J connectivity index is 1.69. The molecule has 0 radical (unpaired) electrons. The van der Waals surface area contributed by atoms with Gasteiger partial charge in [0.25, 0.3) is 0 Å². The van der Waals surface area contributed by atoms with Crippen LogP contribution in [0.5, 0.6) is 0 Å². The van der Waals surface area contributed by atoms with Gasteiger partial charge in [-0.25, -0.2) is 0 Å². The van der Waals surface area contributed by atoms with Gasteiger partial charge in [0.15, 0.2) is 5.79 Å². The van der Waals surface area contributed by atoms with Crippen LogP contribution in [0.3, 0.4) is 0 Å². The van der Waals surface area contributed by atoms with Crippen LogP contribution < -0.4 is 0 Å². The van der Waals surface area contributed by atoms with Gasteiger partial charge in [-0.15, -0.1) is 0 Å². The maximum Gasteiger partial charge on any atom is 0.163 e. The Kier molecular flexibility index (Phi) is 3.73. The van der Waals surface area contributed by atoms with E-state index in [1.165, 1.54) is 0 Å². The van der Waals surface area contributed by atoms with E-state index in [0.29, 0.717) is 5.92 Å². The van der Waals surface area contributed by atoms with E-state index in [0.717, 1.165) is 51.6 Å². The zero-order valence-corrected chi connectivity index (χ0v) is 15.7. The highest BCUT2D eigenvalue weighted by molar-refractivity contribution is 5.15. The molecule has 1 aliphatic heterocycles. The summed E-state index contributed by atoms with van der Waals surface area (Å²) in [6, 6.07) is 0. The van der Waals surface area contributed by atoms with Crippen molar-refractivity contribution >= 4 is 0 Å². The van der Waals surface area contributed by atoms with Gasteiger partial charge < -0.3 is 19.7 Å². The van der Waals surface area contributed by atoms with Gasteiger partial charge in [0.2, 0.25) is 0 Å². The Bertz CT molecular complexity index is 520. The topological polar surface area (TPSA) is 58.9 Å². The van der Waals surface area contributed by atoms with E-state index in [1.807, 2.05) is 13.8 Å². The fourth-order valence-corrected chi connectivity index (χ4v) is 7.10. The lowest BCUT2D eigenvalue weighted by molar-refractivity contribution is -0.264. The van der Waals surface area contributed by atoms with E-state index >= 15 is 0 Å². The van der Waals surface area contributed by atoms with Gasteiger partial charge in [0, 0.05) is 0 Å². The van der Waals surface area contributed by atoms with Crippen LogP contribution in [0.15, 0.2) is 0 Å². The van der Waals surface area contributed by atoms with Crippen LogP contribution in [0.1, 0.15) is 72.6 Å². The maximum absolute atomic E-state index is 11.2. The Morgan fingerprint density at radius 2 is 1.58 bits per heavy atom. The van der Waals surface area contributed by atoms with Gasteiger partial charge in [-0.2, -0.15) is 0 Å². The zero-order valence-electron chi connectivity index (χ0n) is 15.7. The summed E-state index contributed by atoms with van der Waals surface area (Å²) in [6.07, 6.45) is 6.22. The monoisotopic (exact) mass is 338 g/mol. The Morgan fingerprint density at radius 3 is 2.33 bits per heavy atom. The average Bonchev–Trinajstić information content (AvgIpc) is 2.72. The van der Waals surface area contributed by atoms with Gasteiger partial charge >= 0.3 is 0 Å². The maximum atomic E-state index is 11.2. The molecule has 0 amide bonds. The normalized spacial score (nSPS) is 56.8. The quantitative estimate of drug-likeness (QED) is 0.712. The number of aliphatic hydroxyl groups is 2. The van der Waals surface area contributed by atoms with Crippen LogP contribution in [0.2, 0.25) is 0 Å². The van der Waals surface area contributed by atoms with Crippen LogP contribution in [0.25, 0.3) is 0 Å². The predicted molar refractivity (Wildman–Crippen MR) is 91.4 cm³/mol. The van der Waals surface area contributed by atoms with Crippen molar-refractivity contribution in [1.29, 1.82) is 0 Å². The molecule has 4 rings (SSSR count). The highest BCUT2D eigenvalue weighted by atomic mass is 16.7. The molecule has 4 heteroatoms. The molecule has 4 aliphatic rings. The summed E-state index contributed by atoms with van der Waals surface area (Å²) in [4.78, 5) is 0. The molecule has 1 heterocycles. The zero-order chi connectivity index (χ0) is 17.4. The number of ether oxygens (including phenoxy) is 2. The first-order valence-corrected chi connectivity index (χ1v) is 9.84. The molecule has 4 nitrogen and oxygen atoms in total. The van der Waals surface area contributed by atoms with Gasteiger partial charge in [-0.3, -0.25) is 0 Å². The third-order valence-electron chi connectivity index (χ3n) is 8.33. The summed E-state index contributed by atoms with van der Waals surface area (Å²) in [5.74, 6) is 0.236. The molecular formula is C20H34O4. The molecule has 0 unspecified atom stereocenters. The van der Waals surface area contributed by atoms with Crippen molar-refractivity contribution in [3.63, 3.8) is 0 Å². The minimum Gasteiger partial charge on any atom is -0.390 e.